The third kappa shape index (κ3) is 2.23. The van der Waals surface area contributed by atoms with Crippen LogP contribution in [0.5, 0.6) is 5.75 Å². The molecule has 1 heterocycles. The van der Waals surface area contributed by atoms with Gasteiger partial charge in [-0.1, -0.05) is 0 Å². The van der Waals surface area contributed by atoms with Gasteiger partial charge in [0.05, 0.1) is 18.2 Å². The van der Waals surface area contributed by atoms with E-state index in [4.69, 9.17) is 9.84 Å². The van der Waals surface area contributed by atoms with E-state index in [2.05, 4.69) is 4.98 Å². The normalized spacial score (nSPS) is 9.56. The van der Waals surface area contributed by atoms with Gasteiger partial charge in [-0.15, -0.1) is 12.4 Å². The van der Waals surface area contributed by atoms with E-state index in [1.165, 1.54) is 6.20 Å². The van der Waals surface area contributed by atoms with Crippen LogP contribution in [0, 0.1) is 0 Å². The van der Waals surface area contributed by atoms with Gasteiger partial charge in [-0.25, -0.2) is 4.79 Å². The second kappa shape index (κ2) is 4.81. The Kier molecular flexibility index (Phi) is 3.68. The largest absolute Gasteiger partial charge is 0.497 e. The van der Waals surface area contributed by atoms with Crippen molar-refractivity contribution >= 4 is 29.3 Å². The summed E-state index contributed by atoms with van der Waals surface area (Å²) in [7, 11) is 1.57. The van der Waals surface area contributed by atoms with Crippen molar-refractivity contribution in [3.8, 4) is 5.75 Å². The summed E-state index contributed by atoms with van der Waals surface area (Å²) in [5, 5.41) is 9.56. The molecule has 4 nitrogen and oxygen atoms in total. The van der Waals surface area contributed by atoms with E-state index in [0.717, 1.165) is 10.9 Å². The molecule has 0 saturated heterocycles. The summed E-state index contributed by atoms with van der Waals surface area (Å²) in [6.45, 7) is 0. The van der Waals surface area contributed by atoms with E-state index < -0.39 is 5.97 Å². The Balaban J connectivity index is 0.00000128. The molecule has 0 atom stereocenters. The molecule has 16 heavy (non-hydrogen) atoms. The maximum atomic E-state index is 10.7. The molecule has 0 radical (unpaired) electrons. The van der Waals surface area contributed by atoms with Gasteiger partial charge in [0.1, 0.15) is 5.75 Å². The van der Waals surface area contributed by atoms with Crippen molar-refractivity contribution < 1.29 is 14.6 Å². The van der Waals surface area contributed by atoms with Crippen LogP contribution in [0.2, 0.25) is 0 Å². The van der Waals surface area contributed by atoms with Crippen LogP contribution in [-0.2, 0) is 0 Å². The fourth-order valence-corrected chi connectivity index (χ4v) is 1.35. The highest BCUT2D eigenvalue weighted by Gasteiger charge is 2.05. The van der Waals surface area contributed by atoms with Crippen LogP contribution in [0.15, 0.2) is 30.5 Å². The second-order valence-electron chi connectivity index (χ2n) is 3.09. The number of aromatic nitrogens is 1. The quantitative estimate of drug-likeness (QED) is 0.874. The number of nitrogens with zero attached hydrogens (tertiary/aromatic N) is 1. The van der Waals surface area contributed by atoms with Gasteiger partial charge < -0.3 is 9.84 Å². The number of methoxy groups -OCH3 is 1. The zero-order valence-corrected chi connectivity index (χ0v) is 9.32. The third-order valence-corrected chi connectivity index (χ3v) is 2.14. The molecule has 0 aliphatic heterocycles. The van der Waals surface area contributed by atoms with Crippen LogP contribution in [0.25, 0.3) is 10.9 Å². The van der Waals surface area contributed by atoms with Crippen LogP contribution >= 0.6 is 12.4 Å². The fraction of sp³-hybridized carbons (Fsp3) is 0.0909. The van der Waals surface area contributed by atoms with Crippen LogP contribution in [-0.4, -0.2) is 23.2 Å². The monoisotopic (exact) mass is 239 g/mol. The minimum absolute atomic E-state index is 0. The van der Waals surface area contributed by atoms with Crippen molar-refractivity contribution in [3.05, 3.63) is 36.0 Å². The smallest absolute Gasteiger partial charge is 0.337 e. The fourth-order valence-electron chi connectivity index (χ4n) is 1.35. The van der Waals surface area contributed by atoms with Gasteiger partial charge in [0.2, 0.25) is 0 Å². The zero-order valence-electron chi connectivity index (χ0n) is 8.51. The van der Waals surface area contributed by atoms with Crippen molar-refractivity contribution in [3.63, 3.8) is 0 Å². The van der Waals surface area contributed by atoms with Crippen molar-refractivity contribution in [2.75, 3.05) is 7.11 Å². The molecule has 0 aliphatic rings. The maximum Gasteiger partial charge on any atom is 0.337 e. The molecule has 5 heteroatoms. The summed E-state index contributed by atoms with van der Waals surface area (Å²) >= 11 is 0. The minimum Gasteiger partial charge on any atom is -0.497 e. The predicted octanol–water partition coefficient (Wildman–Crippen LogP) is 2.36. The summed E-state index contributed by atoms with van der Waals surface area (Å²) in [5.41, 5.74) is 0.927. The number of carbonyl (C=O) groups is 1. The lowest BCUT2D eigenvalue weighted by Crippen LogP contribution is -1.97. The molecule has 0 saturated carbocycles. The van der Waals surface area contributed by atoms with Crippen LogP contribution in [0.1, 0.15) is 10.4 Å². The first kappa shape index (κ1) is 12.3. The first-order valence-corrected chi connectivity index (χ1v) is 4.38. The topological polar surface area (TPSA) is 59.4 Å². The lowest BCUT2D eigenvalue weighted by Gasteiger charge is -2.02. The number of aromatic carboxylic acids is 1. The molecule has 0 bridgehead atoms. The molecular weight excluding hydrogens is 230 g/mol. The molecule has 0 unspecified atom stereocenters. The SMILES string of the molecule is COc1ccc2ncc(C(=O)O)cc2c1.Cl. The number of pyridine rings is 1. The molecule has 84 valence electrons. The molecular formula is C11H10ClNO3. The Labute approximate surface area is 98.3 Å². The average Bonchev–Trinajstić information content (AvgIpc) is 2.27. The van der Waals surface area contributed by atoms with E-state index in [-0.39, 0.29) is 18.0 Å². The van der Waals surface area contributed by atoms with Crippen LogP contribution in [0.3, 0.4) is 0 Å². The Morgan fingerprint density at radius 1 is 1.38 bits per heavy atom. The zero-order chi connectivity index (χ0) is 10.8. The number of carboxylic acid groups (broad SMARTS) is 1. The highest BCUT2D eigenvalue weighted by atomic mass is 35.5. The Hall–Kier alpha value is -1.81. The summed E-state index contributed by atoms with van der Waals surface area (Å²) in [6, 6.07) is 6.91. The molecule has 1 aromatic heterocycles. The van der Waals surface area contributed by atoms with Gasteiger partial charge in [-0.2, -0.15) is 0 Å². The number of fused-ring (bicyclic) bond motifs is 1. The number of ether oxygens (including phenoxy) is 1. The van der Waals surface area contributed by atoms with Crippen LogP contribution < -0.4 is 4.74 Å². The van der Waals surface area contributed by atoms with E-state index in [1.807, 2.05) is 0 Å². The molecule has 0 fully saturated rings. The molecule has 0 amide bonds. The first-order valence-electron chi connectivity index (χ1n) is 4.38. The molecule has 0 spiro atoms. The van der Waals surface area contributed by atoms with Crippen molar-refractivity contribution in [1.82, 2.24) is 4.98 Å². The number of benzene rings is 1. The third-order valence-electron chi connectivity index (χ3n) is 2.14. The Morgan fingerprint density at radius 2 is 2.12 bits per heavy atom. The van der Waals surface area contributed by atoms with Crippen molar-refractivity contribution in [2.24, 2.45) is 0 Å². The predicted molar refractivity (Wildman–Crippen MR) is 62.5 cm³/mol. The van der Waals surface area contributed by atoms with Gasteiger partial charge in [-0.3, -0.25) is 4.98 Å². The van der Waals surface area contributed by atoms with Gasteiger partial charge in [0.25, 0.3) is 0 Å². The Morgan fingerprint density at radius 3 is 2.75 bits per heavy atom. The maximum absolute atomic E-state index is 10.7. The van der Waals surface area contributed by atoms with Crippen LogP contribution in [0.4, 0.5) is 0 Å². The highest BCUT2D eigenvalue weighted by molar-refractivity contribution is 5.92. The van der Waals surface area contributed by atoms with E-state index in [1.54, 1.807) is 31.4 Å². The summed E-state index contributed by atoms with van der Waals surface area (Å²) in [4.78, 5) is 14.8. The van der Waals surface area contributed by atoms with Gasteiger partial charge in [-0.05, 0) is 24.3 Å². The van der Waals surface area contributed by atoms with E-state index in [9.17, 15) is 4.79 Å². The molecule has 2 aromatic rings. The van der Waals surface area contributed by atoms with Crippen molar-refractivity contribution in [1.29, 1.82) is 0 Å². The molecule has 0 aliphatic carbocycles. The molecule has 1 N–H and O–H groups in total. The van der Waals surface area contributed by atoms with Gasteiger partial charge in [0, 0.05) is 11.6 Å². The number of hydrogen-bond acceptors (Lipinski definition) is 3. The molecule has 2 rings (SSSR count). The van der Waals surface area contributed by atoms with Crippen molar-refractivity contribution in [2.45, 2.75) is 0 Å². The van der Waals surface area contributed by atoms with E-state index in [0.29, 0.717) is 5.75 Å². The standard InChI is InChI=1S/C11H9NO3.ClH/c1-15-9-2-3-10-7(5-9)4-8(6-12-10)11(13)14;/h2-6H,1H3,(H,13,14);1H. The molecule has 1 aromatic carbocycles. The number of carboxylic acids is 1. The highest BCUT2D eigenvalue weighted by Crippen LogP contribution is 2.19. The number of hydrogen-bond donors (Lipinski definition) is 1. The Bertz CT molecular complexity index is 528. The van der Waals surface area contributed by atoms with Gasteiger partial charge >= 0.3 is 5.97 Å². The first-order chi connectivity index (χ1) is 7.20. The number of halogens is 1. The number of rotatable bonds is 2. The lowest BCUT2D eigenvalue weighted by atomic mass is 10.1. The summed E-state index contributed by atoms with van der Waals surface area (Å²) in [5.74, 6) is -0.293. The second-order valence-corrected chi connectivity index (χ2v) is 3.09. The van der Waals surface area contributed by atoms with E-state index >= 15 is 0 Å². The lowest BCUT2D eigenvalue weighted by molar-refractivity contribution is 0.0696. The van der Waals surface area contributed by atoms with Gasteiger partial charge in [0.15, 0.2) is 0 Å². The minimum atomic E-state index is -0.979. The summed E-state index contributed by atoms with van der Waals surface area (Å²) < 4.78 is 5.05. The average molecular weight is 240 g/mol. The summed E-state index contributed by atoms with van der Waals surface area (Å²) in [6.07, 6.45) is 1.34.